The number of aromatic nitrogens is 3. The third-order valence-corrected chi connectivity index (χ3v) is 4.93. The number of hydrogen-bond donors (Lipinski definition) is 1. The van der Waals surface area contributed by atoms with Gasteiger partial charge in [-0.05, 0) is 43.2 Å². The van der Waals surface area contributed by atoms with Crippen LogP contribution >= 0.6 is 0 Å². The van der Waals surface area contributed by atoms with Gasteiger partial charge in [0.1, 0.15) is 6.54 Å². The number of carbonyl (C=O) groups is 1. The molecule has 2 aromatic carbocycles. The molecule has 0 aliphatic carbocycles. The minimum absolute atomic E-state index is 0.335. The zero-order chi connectivity index (χ0) is 20.5. The summed E-state index contributed by atoms with van der Waals surface area (Å²) >= 11 is 0. The molecule has 0 saturated heterocycles. The van der Waals surface area contributed by atoms with Gasteiger partial charge < -0.3 is 10.2 Å². The molecule has 4 rings (SSSR count). The van der Waals surface area contributed by atoms with Crippen LogP contribution in [-0.2, 0) is 17.9 Å². The van der Waals surface area contributed by atoms with Gasteiger partial charge in [-0.1, -0.05) is 30.3 Å². The molecule has 0 radical (unpaired) electrons. The first-order valence-corrected chi connectivity index (χ1v) is 9.35. The van der Waals surface area contributed by atoms with Gasteiger partial charge in [-0.15, -0.1) is 5.10 Å². The second-order valence-corrected chi connectivity index (χ2v) is 7.07. The van der Waals surface area contributed by atoms with E-state index in [9.17, 15) is 14.4 Å². The predicted molar refractivity (Wildman–Crippen MR) is 111 cm³/mol. The van der Waals surface area contributed by atoms with Crippen LogP contribution in [0.3, 0.4) is 0 Å². The molecule has 0 atom stereocenters. The Morgan fingerprint density at radius 2 is 1.79 bits per heavy atom. The fourth-order valence-corrected chi connectivity index (χ4v) is 3.38. The van der Waals surface area contributed by atoms with Gasteiger partial charge in [0.15, 0.2) is 0 Å². The SMILES string of the molecule is Cc1ccc(C)c(NC(=O)Cn2nc3n(c(=O)c2=O)CCN3c2ccccc2)c1. The van der Waals surface area contributed by atoms with Crippen molar-refractivity contribution in [2.45, 2.75) is 26.9 Å². The number of nitrogens with zero attached hydrogens (tertiary/aromatic N) is 4. The van der Waals surface area contributed by atoms with Crippen molar-refractivity contribution in [1.82, 2.24) is 14.3 Å². The van der Waals surface area contributed by atoms with Crippen LogP contribution in [0.4, 0.5) is 17.3 Å². The number of para-hydroxylation sites is 1. The Morgan fingerprint density at radius 1 is 1.03 bits per heavy atom. The summed E-state index contributed by atoms with van der Waals surface area (Å²) in [5, 5.41) is 7.12. The first-order valence-electron chi connectivity index (χ1n) is 9.35. The average molecular weight is 391 g/mol. The summed E-state index contributed by atoms with van der Waals surface area (Å²) in [5.41, 5.74) is 1.99. The Bertz CT molecular complexity index is 1200. The minimum atomic E-state index is -0.806. The van der Waals surface area contributed by atoms with Crippen molar-refractivity contribution in [1.29, 1.82) is 0 Å². The number of carbonyl (C=O) groups excluding carboxylic acids is 1. The monoisotopic (exact) mass is 391 g/mol. The molecule has 1 amide bonds. The maximum atomic E-state index is 12.5. The van der Waals surface area contributed by atoms with E-state index in [-0.39, 0.29) is 6.54 Å². The van der Waals surface area contributed by atoms with E-state index in [1.54, 1.807) is 0 Å². The maximum absolute atomic E-state index is 12.5. The number of anilines is 3. The van der Waals surface area contributed by atoms with Crippen molar-refractivity contribution in [2.24, 2.45) is 0 Å². The van der Waals surface area contributed by atoms with E-state index >= 15 is 0 Å². The van der Waals surface area contributed by atoms with Crippen molar-refractivity contribution in [3.63, 3.8) is 0 Å². The van der Waals surface area contributed by atoms with Crippen LogP contribution in [0, 0.1) is 13.8 Å². The van der Waals surface area contributed by atoms with Gasteiger partial charge in [0.2, 0.25) is 11.9 Å². The number of rotatable bonds is 4. The van der Waals surface area contributed by atoms with Gasteiger partial charge in [0.25, 0.3) is 0 Å². The number of hydrogen-bond acceptors (Lipinski definition) is 5. The molecule has 148 valence electrons. The highest BCUT2D eigenvalue weighted by Crippen LogP contribution is 2.25. The highest BCUT2D eigenvalue weighted by Gasteiger charge is 2.26. The van der Waals surface area contributed by atoms with Gasteiger partial charge in [-0.25, -0.2) is 4.68 Å². The molecule has 8 heteroatoms. The fourth-order valence-electron chi connectivity index (χ4n) is 3.38. The van der Waals surface area contributed by atoms with E-state index in [0.29, 0.717) is 24.7 Å². The van der Waals surface area contributed by atoms with Gasteiger partial charge >= 0.3 is 11.1 Å². The summed E-state index contributed by atoms with van der Waals surface area (Å²) in [6, 6.07) is 15.2. The number of aryl methyl sites for hydroxylation is 2. The van der Waals surface area contributed by atoms with Gasteiger partial charge in [0, 0.05) is 24.5 Å². The lowest BCUT2D eigenvalue weighted by molar-refractivity contribution is -0.117. The molecule has 1 aromatic heterocycles. The van der Waals surface area contributed by atoms with E-state index in [2.05, 4.69) is 10.4 Å². The van der Waals surface area contributed by atoms with Crippen LogP contribution in [0.15, 0.2) is 58.1 Å². The molecule has 0 unspecified atom stereocenters. The average Bonchev–Trinajstić information content (AvgIpc) is 3.13. The Hall–Kier alpha value is -3.68. The van der Waals surface area contributed by atoms with E-state index in [1.807, 2.05) is 67.3 Å². The maximum Gasteiger partial charge on any atom is 0.333 e. The molecule has 0 bridgehead atoms. The minimum Gasteiger partial charge on any atom is -0.324 e. The largest absolute Gasteiger partial charge is 0.333 e. The van der Waals surface area contributed by atoms with Crippen molar-refractivity contribution in [3.8, 4) is 0 Å². The second kappa shape index (κ2) is 7.38. The van der Waals surface area contributed by atoms with Crippen molar-refractivity contribution in [2.75, 3.05) is 16.8 Å². The third kappa shape index (κ3) is 3.56. The molecular weight excluding hydrogens is 370 g/mol. The van der Waals surface area contributed by atoms with E-state index in [4.69, 9.17) is 0 Å². The number of fused-ring (bicyclic) bond motifs is 1. The number of nitrogens with one attached hydrogen (secondary N) is 1. The Morgan fingerprint density at radius 3 is 2.55 bits per heavy atom. The van der Waals surface area contributed by atoms with Crippen LogP contribution in [0.5, 0.6) is 0 Å². The summed E-state index contributed by atoms with van der Waals surface area (Å²) in [6.07, 6.45) is 0. The molecule has 0 spiro atoms. The van der Waals surface area contributed by atoms with Gasteiger partial charge in [-0.3, -0.25) is 19.0 Å². The molecule has 1 aliphatic rings. The zero-order valence-corrected chi connectivity index (χ0v) is 16.3. The van der Waals surface area contributed by atoms with Crippen LogP contribution in [-0.4, -0.2) is 26.8 Å². The molecular formula is C21H21N5O3. The smallest absolute Gasteiger partial charge is 0.324 e. The van der Waals surface area contributed by atoms with Crippen molar-refractivity contribution in [3.05, 3.63) is 80.4 Å². The highest BCUT2D eigenvalue weighted by molar-refractivity contribution is 5.91. The fraction of sp³-hybridized carbons (Fsp3) is 0.238. The lowest BCUT2D eigenvalue weighted by Crippen LogP contribution is -2.44. The summed E-state index contributed by atoms with van der Waals surface area (Å²) in [7, 11) is 0. The molecule has 1 aliphatic heterocycles. The Labute approximate surface area is 167 Å². The topological polar surface area (TPSA) is 89.2 Å². The summed E-state index contributed by atoms with van der Waals surface area (Å²) < 4.78 is 2.30. The normalized spacial score (nSPS) is 12.7. The Kier molecular flexibility index (Phi) is 4.75. The van der Waals surface area contributed by atoms with E-state index in [0.717, 1.165) is 21.5 Å². The van der Waals surface area contributed by atoms with Crippen molar-refractivity contribution < 1.29 is 4.79 Å². The molecule has 2 heterocycles. The number of benzene rings is 2. The molecule has 1 N–H and O–H groups in total. The first kappa shape index (κ1) is 18.7. The molecule has 29 heavy (non-hydrogen) atoms. The molecule has 0 saturated carbocycles. The van der Waals surface area contributed by atoms with E-state index in [1.165, 1.54) is 4.57 Å². The Balaban J connectivity index is 1.64. The second-order valence-electron chi connectivity index (χ2n) is 7.07. The van der Waals surface area contributed by atoms with Crippen LogP contribution in [0.25, 0.3) is 0 Å². The molecule has 0 fully saturated rings. The third-order valence-electron chi connectivity index (χ3n) is 4.93. The standard InChI is InChI=1S/C21H21N5O3/c1-14-8-9-15(2)17(12-14)22-18(27)13-26-20(29)19(28)25-11-10-24(21(25)23-26)16-6-4-3-5-7-16/h3-9,12H,10-11,13H2,1-2H3,(H,22,27). The highest BCUT2D eigenvalue weighted by atomic mass is 16.2. The lowest BCUT2D eigenvalue weighted by Gasteiger charge is -2.17. The first-order chi connectivity index (χ1) is 13.9. The van der Waals surface area contributed by atoms with Gasteiger partial charge in [0.05, 0.1) is 0 Å². The summed E-state index contributed by atoms with van der Waals surface area (Å²) in [5.74, 6) is -0.0535. The molecule has 3 aromatic rings. The number of amides is 1. The predicted octanol–water partition coefficient (Wildman–Crippen LogP) is 1.81. The van der Waals surface area contributed by atoms with Crippen molar-refractivity contribution >= 4 is 23.2 Å². The zero-order valence-electron chi connectivity index (χ0n) is 16.3. The summed E-state index contributed by atoms with van der Waals surface area (Å²) in [4.78, 5) is 39.4. The molecule has 8 nitrogen and oxygen atoms in total. The van der Waals surface area contributed by atoms with Crippen LogP contribution in [0.2, 0.25) is 0 Å². The quantitative estimate of drug-likeness (QED) is 0.685. The van der Waals surface area contributed by atoms with Gasteiger partial charge in [-0.2, -0.15) is 0 Å². The lowest BCUT2D eigenvalue weighted by atomic mass is 10.1. The van der Waals surface area contributed by atoms with Crippen LogP contribution < -0.4 is 21.3 Å². The van der Waals surface area contributed by atoms with E-state index < -0.39 is 17.0 Å². The summed E-state index contributed by atoms with van der Waals surface area (Å²) in [6.45, 7) is 4.39. The van der Waals surface area contributed by atoms with Crippen LogP contribution in [0.1, 0.15) is 11.1 Å².